The molecule has 0 aliphatic rings. The Bertz CT molecular complexity index is 813. The van der Waals surface area contributed by atoms with Gasteiger partial charge in [-0.15, -0.1) is 23.1 Å². The molecule has 0 radical (unpaired) electrons. The van der Waals surface area contributed by atoms with Crippen LogP contribution in [0.2, 0.25) is 0 Å². The van der Waals surface area contributed by atoms with Gasteiger partial charge in [-0.05, 0) is 26.0 Å². The summed E-state index contributed by atoms with van der Waals surface area (Å²) in [5.41, 5.74) is 3.15. The highest BCUT2D eigenvalue weighted by molar-refractivity contribution is 8.00. The van der Waals surface area contributed by atoms with Crippen molar-refractivity contribution in [2.45, 2.75) is 24.0 Å². The third-order valence-electron chi connectivity index (χ3n) is 3.51. The zero-order chi connectivity index (χ0) is 16.9. The van der Waals surface area contributed by atoms with Gasteiger partial charge in [-0.2, -0.15) is 0 Å². The van der Waals surface area contributed by atoms with Crippen LogP contribution < -0.4 is 5.32 Å². The monoisotopic (exact) mass is 354 g/mol. The Morgan fingerprint density at radius 3 is 2.54 bits per heavy atom. The lowest BCUT2D eigenvalue weighted by molar-refractivity contribution is -0.115. The van der Waals surface area contributed by atoms with Gasteiger partial charge in [0.15, 0.2) is 5.13 Å². The SMILES string of the molecule is Cc1ccc(SC(C)C(=O)Nc2nc(-c3ccccc3)cs2)cc1. The second kappa shape index (κ2) is 7.64. The fourth-order valence-electron chi connectivity index (χ4n) is 2.15. The summed E-state index contributed by atoms with van der Waals surface area (Å²) >= 11 is 2.99. The van der Waals surface area contributed by atoms with Crippen molar-refractivity contribution < 1.29 is 4.79 Å². The molecule has 1 amide bonds. The molecule has 1 unspecified atom stereocenters. The van der Waals surface area contributed by atoms with Crippen LogP contribution in [0.5, 0.6) is 0 Å². The summed E-state index contributed by atoms with van der Waals surface area (Å²) in [5.74, 6) is -0.0328. The minimum atomic E-state index is -0.184. The van der Waals surface area contributed by atoms with Gasteiger partial charge in [0.1, 0.15) is 0 Å². The molecule has 0 aliphatic carbocycles. The number of thioether (sulfide) groups is 1. The van der Waals surface area contributed by atoms with Crippen molar-refractivity contribution in [1.29, 1.82) is 0 Å². The average molecular weight is 355 g/mol. The van der Waals surface area contributed by atoms with E-state index >= 15 is 0 Å². The fraction of sp³-hybridized carbons (Fsp3) is 0.158. The van der Waals surface area contributed by atoms with Gasteiger partial charge >= 0.3 is 0 Å². The molecule has 0 aliphatic heterocycles. The maximum Gasteiger partial charge on any atom is 0.239 e. The maximum absolute atomic E-state index is 12.4. The summed E-state index contributed by atoms with van der Waals surface area (Å²) in [5, 5.41) is 5.32. The normalized spacial score (nSPS) is 11.9. The molecular weight excluding hydrogens is 336 g/mol. The first-order chi connectivity index (χ1) is 11.6. The smallest absolute Gasteiger partial charge is 0.239 e. The number of nitrogens with zero attached hydrogens (tertiary/aromatic N) is 1. The number of carbonyl (C=O) groups is 1. The zero-order valence-electron chi connectivity index (χ0n) is 13.5. The fourth-order valence-corrected chi connectivity index (χ4v) is 3.74. The highest BCUT2D eigenvalue weighted by Crippen LogP contribution is 2.27. The van der Waals surface area contributed by atoms with Crippen LogP contribution in [0.15, 0.2) is 64.9 Å². The van der Waals surface area contributed by atoms with E-state index in [9.17, 15) is 4.79 Å². The molecule has 0 saturated carbocycles. The number of thiazole rings is 1. The lowest BCUT2D eigenvalue weighted by atomic mass is 10.2. The Labute approximate surface area is 150 Å². The summed E-state index contributed by atoms with van der Waals surface area (Å²) in [6, 6.07) is 18.2. The predicted molar refractivity (Wildman–Crippen MR) is 103 cm³/mol. The van der Waals surface area contributed by atoms with Crippen molar-refractivity contribution in [2.75, 3.05) is 5.32 Å². The number of carbonyl (C=O) groups excluding carboxylic acids is 1. The third kappa shape index (κ3) is 4.24. The Kier molecular flexibility index (Phi) is 5.33. The molecule has 0 fully saturated rings. The van der Waals surface area contributed by atoms with Gasteiger partial charge in [0.2, 0.25) is 5.91 Å². The van der Waals surface area contributed by atoms with Crippen LogP contribution in [-0.2, 0) is 4.79 Å². The summed E-state index contributed by atoms with van der Waals surface area (Å²) in [6.45, 7) is 3.96. The molecule has 3 aromatic rings. The first-order valence-electron chi connectivity index (χ1n) is 7.67. The maximum atomic E-state index is 12.4. The molecular formula is C19H18N2OS2. The van der Waals surface area contributed by atoms with E-state index in [2.05, 4.69) is 29.4 Å². The Morgan fingerprint density at radius 1 is 1.12 bits per heavy atom. The summed E-state index contributed by atoms with van der Waals surface area (Å²) in [7, 11) is 0. The van der Waals surface area contributed by atoms with Gasteiger partial charge in [0, 0.05) is 15.8 Å². The number of aromatic nitrogens is 1. The number of rotatable bonds is 5. The van der Waals surface area contributed by atoms with Gasteiger partial charge in [0.25, 0.3) is 0 Å². The topological polar surface area (TPSA) is 42.0 Å². The number of nitrogens with one attached hydrogen (secondary N) is 1. The van der Waals surface area contributed by atoms with Gasteiger partial charge in [-0.3, -0.25) is 4.79 Å². The molecule has 1 atom stereocenters. The summed E-state index contributed by atoms with van der Waals surface area (Å²) < 4.78 is 0. The molecule has 0 bridgehead atoms. The van der Waals surface area contributed by atoms with Crippen LogP contribution >= 0.6 is 23.1 Å². The van der Waals surface area contributed by atoms with Crippen LogP contribution in [-0.4, -0.2) is 16.1 Å². The molecule has 24 heavy (non-hydrogen) atoms. The van der Waals surface area contributed by atoms with E-state index in [4.69, 9.17) is 0 Å². The number of aryl methyl sites for hydroxylation is 1. The van der Waals surface area contributed by atoms with Crippen molar-refractivity contribution in [2.24, 2.45) is 0 Å². The lowest BCUT2D eigenvalue weighted by Crippen LogP contribution is -2.22. The molecule has 1 heterocycles. The van der Waals surface area contributed by atoms with Gasteiger partial charge in [0.05, 0.1) is 10.9 Å². The Morgan fingerprint density at radius 2 is 1.83 bits per heavy atom. The number of hydrogen-bond acceptors (Lipinski definition) is 4. The van der Waals surface area contributed by atoms with E-state index in [0.717, 1.165) is 16.2 Å². The zero-order valence-corrected chi connectivity index (χ0v) is 15.2. The molecule has 122 valence electrons. The number of hydrogen-bond donors (Lipinski definition) is 1. The summed E-state index contributed by atoms with van der Waals surface area (Å²) in [6.07, 6.45) is 0. The third-order valence-corrected chi connectivity index (χ3v) is 5.38. The molecule has 3 rings (SSSR count). The molecule has 1 N–H and O–H groups in total. The van der Waals surface area contributed by atoms with Crippen LogP contribution in [0.4, 0.5) is 5.13 Å². The number of anilines is 1. The average Bonchev–Trinajstić information content (AvgIpc) is 3.06. The van der Waals surface area contributed by atoms with E-state index in [0.29, 0.717) is 5.13 Å². The highest BCUT2D eigenvalue weighted by Gasteiger charge is 2.16. The van der Waals surface area contributed by atoms with E-state index < -0.39 is 0 Å². The summed E-state index contributed by atoms with van der Waals surface area (Å²) in [4.78, 5) is 18.0. The van der Waals surface area contributed by atoms with E-state index in [1.54, 1.807) is 11.8 Å². The highest BCUT2D eigenvalue weighted by atomic mass is 32.2. The van der Waals surface area contributed by atoms with Crippen LogP contribution in [0.25, 0.3) is 11.3 Å². The van der Waals surface area contributed by atoms with Crippen molar-refractivity contribution in [3.8, 4) is 11.3 Å². The van der Waals surface area contributed by atoms with Gasteiger partial charge < -0.3 is 5.32 Å². The van der Waals surface area contributed by atoms with Crippen LogP contribution in [0, 0.1) is 6.92 Å². The predicted octanol–water partition coefficient (Wildman–Crippen LogP) is 5.24. The van der Waals surface area contributed by atoms with E-state index in [-0.39, 0.29) is 11.2 Å². The second-order valence-electron chi connectivity index (χ2n) is 5.47. The molecule has 0 saturated heterocycles. The Balaban J connectivity index is 1.62. The van der Waals surface area contributed by atoms with Gasteiger partial charge in [-0.1, -0.05) is 48.0 Å². The first kappa shape index (κ1) is 16.7. The standard InChI is InChI=1S/C19H18N2OS2/c1-13-8-10-16(11-9-13)24-14(2)18(22)21-19-20-17(12-23-19)15-6-4-3-5-7-15/h3-12,14H,1-2H3,(H,20,21,22). The minimum absolute atomic E-state index is 0.0328. The molecule has 3 nitrogen and oxygen atoms in total. The number of amides is 1. The quantitative estimate of drug-likeness (QED) is 0.637. The largest absolute Gasteiger partial charge is 0.301 e. The first-order valence-corrected chi connectivity index (χ1v) is 9.43. The van der Waals surface area contributed by atoms with Crippen molar-refractivity contribution in [1.82, 2.24) is 4.98 Å². The molecule has 2 aromatic carbocycles. The van der Waals surface area contributed by atoms with Crippen LogP contribution in [0.3, 0.4) is 0 Å². The van der Waals surface area contributed by atoms with Crippen molar-refractivity contribution >= 4 is 34.1 Å². The molecule has 1 aromatic heterocycles. The lowest BCUT2D eigenvalue weighted by Gasteiger charge is -2.10. The van der Waals surface area contributed by atoms with E-state index in [1.807, 2.05) is 54.8 Å². The van der Waals surface area contributed by atoms with Crippen molar-refractivity contribution in [3.63, 3.8) is 0 Å². The van der Waals surface area contributed by atoms with Crippen molar-refractivity contribution in [3.05, 3.63) is 65.5 Å². The Hall–Kier alpha value is -2.11. The van der Waals surface area contributed by atoms with Gasteiger partial charge in [-0.25, -0.2) is 4.98 Å². The minimum Gasteiger partial charge on any atom is -0.301 e. The second-order valence-corrected chi connectivity index (χ2v) is 7.74. The molecule has 0 spiro atoms. The van der Waals surface area contributed by atoms with E-state index in [1.165, 1.54) is 16.9 Å². The number of benzene rings is 2. The van der Waals surface area contributed by atoms with Crippen LogP contribution in [0.1, 0.15) is 12.5 Å². The molecule has 5 heteroatoms.